The van der Waals surface area contributed by atoms with E-state index in [1.807, 2.05) is 0 Å². The van der Waals surface area contributed by atoms with Gasteiger partial charge in [0, 0.05) is 30.1 Å². The number of aromatic nitrogens is 1. The standard InChI is InChI=1S/C11H12Cl2N2O/c12-5-8-3-11(16)15(6-8)7-10-4-9(13)1-2-14-10/h1-2,4,8H,3,5-7H2. The lowest BCUT2D eigenvalue weighted by atomic mass is 10.1. The molecule has 1 unspecified atom stereocenters. The molecule has 1 aromatic heterocycles. The zero-order valence-corrected chi connectivity index (χ0v) is 10.2. The van der Waals surface area contributed by atoms with Crippen LogP contribution in [0.1, 0.15) is 12.1 Å². The first-order valence-electron chi connectivity index (χ1n) is 5.13. The molecule has 0 aromatic carbocycles. The van der Waals surface area contributed by atoms with Crippen molar-refractivity contribution in [1.29, 1.82) is 0 Å². The van der Waals surface area contributed by atoms with Crippen LogP contribution in [0, 0.1) is 5.92 Å². The number of nitrogens with zero attached hydrogens (tertiary/aromatic N) is 2. The third kappa shape index (κ3) is 2.66. The van der Waals surface area contributed by atoms with Crippen LogP contribution in [0.2, 0.25) is 5.02 Å². The maximum absolute atomic E-state index is 11.6. The fourth-order valence-electron chi connectivity index (χ4n) is 1.84. The van der Waals surface area contributed by atoms with Gasteiger partial charge in [0.05, 0.1) is 12.2 Å². The summed E-state index contributed by atoms with van der Waals surface area (Å²) in [5, 5.41) is 0.644. The van der Waals surface area contributed by atoms with E-state index in [-0.39, 0.29) is 11.8 Å². The molecule has 0 N–H and O–H groups in total. The summed E-state index contributed by atoms with van der Waals surface area (Å²) < 4.78 is 0. The molecular formula is C11H12Cl2N2O. The van der Waals surface area contributed by atoms with Gasteiger partial charge in [-0.1, -0.05) is 11.6 Å². The summed E-state index contributed by atoms with van der Waals surface area (Å²) in [7, 11) is 0. The van der Waals surface area contributed by atoms with Crippen molar-refractivity contribution >= 4 is 29.1 Å². The lowest BCUT2D eigenvalue weighted by molar-refractivity contribution is -0.128. The van der Waals surface area contributed by atoms with Crippen LogP contribution in [-0.2, 0) is 11.3 Å². The first-order chi connectivity index (χ1) is 7.69. The van der Waals surface area contributed by atoms with E-state index in [0.717, 1.165) is 12.2 Å². The first-order valence-corrected chi connectivity index (χ1v) is 6.04. The minimum atomic E-state index is 0.146. The predicted octanol–water partition coefficient (Wildman–Crippen LogP) is 2.32. The average molecular weight is 259 g/mol. The number of halogens is 2. The molecule has 0 spiro atoms. The number of rotatable bonds is 3. The fourth-order valence-corrected chi connectivity index (χ4v) is 2.23. The number of alkyl halides is 1. The second-order valence-corrected chi connectivity index (χ2v) is 4.71. The molecule has 1 aliphatic rings. The highest BCUT2D eigenvalue weighted by molar-refractivity contribution is 6.30. The molecule has 2 heterocycles. The van der Waals surface area contributed by atoms with Gasteiger partial charge in [0.15, 0.2) is 0 Å². The maximum atomic E-state index is 11.6. The zero-order chi connectivity index (χ0) is 11.5. The van der Waals surface area contributed by atoms with Crippen molar-refractivity contribution in [3.05, 3.63) is 29.0 Å². The van der Waals surface area contributed by atoms with Gasteiger partial charge in [-0.2, -0.15) is 0 Å². The molecular weight excluding hydrogens is 247 g/mol. The number of carbonyl (C=O) groups is 1. The van der Waals surface area contributed by atoms with Gasteiger partial charge in [0.25, 0.3) is 0 Å². The van der Waals surface area contributed by atoms with Crippen LogP contribution in [-0.4, -0.2) is 28.2 Å². The van der Waals surface area contributed by atoms with Crippen LogP contribution >= 0.6 is 23.2 Å². The Morgan fingerprint density at radius 2 is 2.38 bits per heavy atom. The smallest absolute Gasteiger partial charge is 0.223 e. The highest BCUT2D eigenvalue weighted by Crippen LogP contribution is 2.21. The highest BCUT2D eigenvalue weighted by Gasteiger charge is 2.28. The van der Waals surface area contributed by atoms with E-state index < -0.39 is 0 Å². The van der Waals surface area contributed by atoms with Crippen molar-refractivity contribution in [3.8, 4) is 0 Å². The SMILES string of the molecule is O=C1CC(CCl)CN1Cc1cc(Cl)ccn1. The summed E-state index contributed by atoms with van der Waals surface area (Å²) in [4.78, 5) is 17.6. The second-order valence-electron chi connectivity index (χ2n) is 3.96. The molecule has 1 fully saturated rings. The normalized spacial score (nSPS) is 20.5. The quantitative estimate of drug-likeness (QED) is 0.780. The van der Waals surface area contributed by atoms with Gasteiger partial charge in [-0.15, -0.1) is 11.6 Å². The Morgan fingerprint density at radius 3 is 3.00 bits per heavy atom. The number of likely N-dealkylation sites (tertiary alicyclic amines) is 1. The molecule has 5 heteroatoms. The average Bonchev–Trinajstić information content (AvgIpc) is 2.60. The third-order valence-electron chi connectivity index (χ3n) is 2.64. The molecule has 2 rings (SSSR count). The van der Waals surface area contributed by atoms with Crippen LogP contribution in [0.15, 0.2) is 18.3 Å². The number of carbonyl (C=O) groups excluding carboxylic acids is 1. The minimum Gasteiger partial charge on any atom is -0.336 e. The topological polar surface area (TPSA) is 33.2 Å². The van der Waals surface area contributed by atoms with Crippen molar-refractivity contribution in [1.82, 2.24) is 9.88 Å². The molecule has 1 aromatic rings. The molecule has 16 heavy (non-hydrogen) atoms. The summed E-state index contributed by atoms with van der Waals surface area (Å²) >= 11 is 11.6. The van der Waals surface area contributed by atoms with E-state index in [4.69, 9.17) is 23.2 Å². The van der Waals surface area contributed by atoms with Gasteiger partial charge in [-0.05, 0) is 18.1 Å². The number of hydrogen-bond acceptors (Lipinski definition) is 2. The lowest BCUT2D eigenvalue weighted by Gasteiger charge is -2.15. The van der Waals surface area contributed by atoms with E-state index in [1.165, 1.54) is 0 Å². The Labute approximate surface area is 104 Å². The molecule has 0 bridgehead atoms. The van der Waals surface area contributed by atoms with Gasteiger partial charge in [-0.3, -0.25) is 9.78 Å². The summed E-state index contributed by atoms with van der Waals surface area (Å²) in [5.74, 6) is 0.950. The van der Waals surface area contributed by atoms with Gasteiger partial charge in [-0.25, -0.2) is 0 Å². The molecule has 1 atom stereocenters. The molecule has 0 saturated carbocycles. The lowest BCUT2D eigenvalue weighted by Crippen LogP contribution is -2.25. The van der Waals surface area contributed by atoms with E-state index in [1.54, 1.807) is 23.2 Å². The van der Waals surface area contributed by atoms with Gasteiger partial charge in [0.1, 0.15) is 0 Å². The van der Waals surface area contributed by atoms with Crippen LogP contribution < -0.4 is 0 Å². The predicted molar refractivity (Wildman–Crippen MR) is 63.5 cm³/mol. The molecule has 3 nitrogen and oxygen atoms in total. The Kier molecular flexibility index (Phi) is 3.66. The Bertz CT molecular complexity index is 397. The zero-order valence-electron chi connectivity index (χ0n) is 8.70. The largest absolute Gasteiger partial charge is 0.336 e. The highest BCUT2D eigenvalue weighted by atomic mass is 35.5. The minimum absolute atomic E-state index is 0.146. The van der Waals surface area contributed by atoms with Crippen molar-refractivity contribution in [2.75, 3.05) is 12.4 Å². The number of pyridine rings is 1. The van der Waals surface area contributed by atoms with E-state index in [9.17, 15) is 4.79 Å². The van der Waals surface area contributed by atoms with Crippen molar-refractivity contribution in [2.24, 2.45) is 5.92 Å². The Morgan fingerprint density at radius 1 is 1.56 bits per heavy atom. The van der Waals surface area contributed by atoms with E-state index >= 15 is 0 Å². The van der Waals surface area contributed by atoms with Gasteiger partial charge >= 0.3 is 0 Å². The molecule has 1 saturated heterocycles. The van der Waals surface area contributed by atoms with Crippen LogP contribution in [0.5, 0.6) is 0 Å². The number of amides is 1. The monoisotopic (exact) mass is 258 g/mol. The fraction of sp³-hybridized carbons (Fsp3) is 0.455. The Hall–Kier alpha value is -0.800. The van der Waals surface area contributed by atoms with Crippen LogP contribution in [0.3, 0.4) is 0 Å². The third-order valence-corrected chi connectivity index (χ3v) is 3.32. The summed E-state index contributed by atoms with van der Waals surface area (Å²) in [5.41, 5.74) is 0.816. The van der Waals surface area contributed by atoms with Gasteiger partial charge in [0.2, 0.25) is 5.91 Å². The van der Waals surface area contributed by atoms with Crippen molar-refractivity contribution < 1.29 is 4.79 Å². The molecule has 1 amide bonds. The van der Waals surface area contributed by atoms with E-state index in [0.29, 0.717) is 23.9 Å². The van der Waals surface area contributed by atoms with E-state index in [2.05, 4.69) is 4.98 Å². The molecule has 86 valence electrons. The first kappa shape index (κ1) is 11.7. The molecule has 0 radical (unpaired) electrons. The van der Waals surface area contributed by atoms with Crippen LogP contribution in [0.4, 0.5) is 0 Å². The second kappa shape index (κ2) is 5.02. The molecule has 1 aliphatic heterocycles. The summed E-state index contributed by atoms with van der Waals surface area (Å²) in [6.07, 6.45) is 2.20. The van der Waals surface area contributed by atoms with Crippen molar-refractivity contribution in [3.63, 3.8) is 0 Å². The van der Waals surface area contributed by atoms with Gasteiger partial charge < -0.3 is 4.90 Å². The van der Waals surface area contributed by atoms with Crippen molar-refractivity contribution in [2.45, 2.75) is 13.0 Å². The summed E-state index contributed by atoms with van der Waals surface area (Å²) in [6, 6.07) is 3.50. The summed E-state index contributed by atoms with van der Waals surface area (Å²) in [6.45, 7) is 1.24. The Balaban J connectivity index is 2.03. The maximum Gasteiger partial charge on any atom is 0.223 e. The van der Waals surface area contributed by atoms with Crippen LogP contribution in [0.25, 0.3) is 0 Å². The molecule has 0 aliphatic carbocycles. The number of hydrogen-bond donors (Lipinski definition) is 0.